The lowest BCUT2D eigenvalue weighted by molar-refractivity contribution is 1.08. The van der Waals surface area contributed by atoms with Crippen molar-refractivity contribution in [3.8, 4) is 6.07 Å². The van der Waals surface area contributed by atoms with Crippen LogP contribution in [0.25, 0.3) is 0 Å². The Morgan fingerprint density at radius 3 is 2.73 bits per heavy atom. The Morgan fingerprint density at radius 1 is 1.45 bits per heavy atom. The maximum atomic E-state index is 8.36. The Labute approximate surface area is 81.5 Å². The second-order valence-electron chi connectivity index (χ2n) is 1.91. The van der Waals surface area contributed by atoms with Crippen LogP contribution in [0, 0.1) is 11.3 Å². The van der Waals surface area contributed by atoms with Gasteiger partial charge in [0.15, 0.2) is 0 Å². The number of nitriles is 1. The topological polar surface area (TPSA) is 36.7 Å². The normalized spacial score (nSPS) is 9.18. The molecule has 0 fully saturated rings. The van der Waals surface area contributed by atoms with Crippen LogP contribution in [0.3, 0.4) is 0 Å². The molecule has 0 saturated heterocycles. The SMILES string of the molecule is N#CCc1ccc(Br)c(Br)n1. The number of hydrogen-bond donors (Lipinski definition) is 0. The van der Waals surface area contributed by atoms with Crippen molar-refractivity contribution in [2.75, 3.05) is 0 Å². The second-order valence-corrected chi connectivity index (χ2v) is 3.52. The highest BCUT2D eigenvalue weighted by Gasteiger charge is 1.98. The molecule has 1 aromatic heterocycles. The zero-order valence-corrected chi connectivity index (χ0v) is 8.68. The van der Waals surface area contributed by atoms with E-state index in [1.165, 1.54) is 0 Å². The molecule has 0 aliphatic carbocycles. The van der Waals surface area contributed by atoms with Crippen molar-refractivity contribution in [2.45, 2.75) is 6.42 Å². The van der Waals surface area contributed by atoms with E-state index >= 15 is 0 Å². The molecule has 1 aromatic rings. The Balaban J connectivity index is 2.98. The van der Waals surface area contributed by atoms with Crippen molar-refractivity contribution in [3.63, 3.8) is 0 Å². The molecule has 0 atom stereocenters. The fourth-order valence-corrected chi connectivity index (χ4v) is 1.22. The minimum atomic E-state index is 0.353. The molecule has 0 aliphatic rings. The van der Waals surface area contributed by atoms with Crippen molar-refractivity contribution in [1.29, 1.82) is 5.26 Å². The van der Waals surface area contributed by atoms with E-state index in [-0.39, 0.29) is 0 Å². The van der Waals surface area contributed by atoms with Gasteiger partial charge in [-0.25, -0.2) is 4.98 Å². The van der Waals surface area contributed by atoms with E-state index in [4.69, 9.17) is 5.26 Å². The number of hydrogen-bond acceptors (Lipinski definition) is 2. The first kappa shape index (κ1) is 8.69. The van der Waals surface area contributed by atoms with Gasteiger partial charge in [-0.3, -0.25) is 0 Å². The molecule has 0 aliphatic heterocycles. The number of nitrogens with zero attached hydrogens (tertiary/aromatic N) is 2. The fourth-order valence-electron chi connectivity index (χ4n) is 0.634. The summed E-state index contributed by atoms with van der Waals surface area (Å²) in [6.45, 7) is 0. The predicted molar refractivity (Wildman–Crippen MR) is 49.0 cm³/mol. The van der Waals surface area contributed by atoms with Gasteiger partial charge < -0.3 is 0 Å². The molecule has 0 saturated carbocycles. The molecule has 4 heteroatoms. The maximum absolute atomic E-state index is 8.36. The van der Waals surface area contributed by atoms with Gasteiger partial charge in [0.25, 0.3) is 0 Å². The fraction of sp³-hybridized carbons (Fsp3) is 0.143. The van der Waals surface area contributed by atoms with Gasteiger partial charge >= 0.3 is 0 Å². The van der Waals surface area contributed by atoms with Crippen LogP contribution >= 0.6 is 31.9 Å². The van der Waals surface area contributed by atoms with Crippen LogP contribution in [0.4, 0.5) is 0 Å². The highest BCUT2D eigenvalue weighted by molar-refractivity contribution is 9.13. The third-order valence-electron chi connectivity index (χ3n) is 1.12. The van der Waals surface area contributed by atoms with Gasteiger partial charge in [0, 0.05) is 0 Å². The number of halogens is 2. The molecule has 2 nitrogen and oxygen atoms in total. The van der Waals surface area contributed by atoms with Crippen LogP contribution in [0.15, 0.2) is 21.2 Å². The van der Waals surface area contributed by atoms with Crippen molar-refractivity contribution in [2.24, 2.45) is 0 Å². The van der Waals surface area contributed by atoms with E-state index < -0.39 is 0 Å². The first-order chi connectivity index (χ1) is 5.24. The molecule has 0 radical (unpaired) electrons. The lowest BCUT2D eigenvalue weighted by Gasteiger charge is -1.96. The summed E-state index contributed by atoms with van der Waals surface area (Å²) < 4.78 is 1.64. The molecule has 56 valence electrons. The number of rotatable bonds is 1. The van der Waals surface area contributed by atoms with Gasteiger partial charge in [0.1, 0.15) is 4.60 Å². The summed E-state index contributed by atoms with van der Waals surface area (Å²) in [5.74, 6) is 0. The van der Waals surface area contributed by atoms with E-state index in [9.17, 15) is 0 Å². The van der Waals surface area contributed by atoms with E-state index in [0.717, 1.165) is 14.8 Å². The number of aromatic nitrogens is 1. The zero-order valence-electron chi connectivity index (χ0n) is 5.51. The Bertz CT molecular complexity index is 304. The van der Waals surface area contributed by atoms with Gasteiger partial charge in [0.2, 0.25) is 0 Å². The Hall–Kier alpha value is -0.400. The van der Waals surface area contributed by atoms with Crippen molar-refractivity contribution < 1.29 is 0 Å². The van der Waals surface area contributed by atoms with Gasteiger partial charge in [-0.15, -0.1) is 0 Å². The quantitative estimate of drug-likeness (QED) is 0.739. The molecule has 1 heterocycles. The van der Waals surface area contributed by atoms with Gasteiger partial charge in [-0.2, -0.15) is 5.26 Å². The van der Waals surface area contributed by atoms with Crippen LogP contribution in [-0.2, 0) is 6.42 Å². The smallest absolute Gasteiger partial charge is 0.120 e. The largest absolute Gasteiger partial charge is 0.244 e. The summed E-state index contributed by atoms with van der Waals surface area (Å²) in [4.78, 5) is 4.11. The summed E-state index contributed by atoms with van der Waals surface area (Å²) in [6.07, 6.45) is 0.353. The van der Waals surface area contributed by atoms with Crippen LogP contribution in [-0.4, -0.2) is 4.98 Å². The van der Waals surface area contributed by atoms with E-state index in [0.29, 0.717) is 6.42 Å². The van der Waals surface area contributed by atoms with E-state index in [2.05, 4.69) is 36.8 Å². The van der Waals surface area contributed by atoms with Crippen LogP contribution in [0.2, 0.25) is 0 Å². The van der Waals surface area contributed by atoms with Gasteiger partial charge in [-0.05, 0) is 44.0 Å². The van der Waals surface area contributed by atoms with E-state index in [1.807, 2.05) is 18.2 Å². The highest BCUT2D eigenvalue weighted by Crippen LogP contribution is 2.20. The Morgan fingerprint density at radius 2 is 2.18 bits per heavy atom. The van der Waals surface area contributed by atoms with Crippen molar-refractivity contribution >= 4 is 31.9 Å². The van der Waals surface area contributed by atoms with Gasteiger partial charge in [0.05, 0.1) is 22.7 Å². The molecule has 1 rings (SSSR count). The standard InChI is InChI=1S/C7H4Br2N2/c8-6-2-1-5(3-4-10)11-7(6)9/h1-2H,3H2. The minimum absolute atomic E-state index is 0.353. The number of pyridine rings is 1. The third kappa shape index (κ3) is 2.28. The second kappa shape index (κ2) is 3.84. The van der Waals surface area contributed by atoms with Crippen molar-refractivity contribution in [3.05, 3.63) is 26.9 Å². The van der Waals surface area contributed by atoms with Crippen LogP contribution in [0.5, 0.6) is 0 Å². The molecule has 0 spiro atoms. The molecule has 0 amide bonds. The molecule has 0 unspecified atom stereocenters. The summed E-state index contributed by atoms with van der Waals surface area (Å²) in [5, 5.41) is 8.36. The average Bonchev–Trinajstić information content (AvgIpc) is 1.98. The third-order valence-corrected chi connectivity index (χ3v) is 2.90. The first-order valence-corrected chi connectivity index (χ1v) is 4.50. The molecular formula is C7H4Br2N2. The summed E-state index contributed by atoms with van der Waals surface area (Å²) in [5.41, 5.74) is 0.780. The molecule has 0 aromatic carbocycles. The minimum Gasteiger partial charge on any atom is -0.244 e. The summed E-state index contributed by atoms with van der Waals surface area (Å²) >= 11 is 6.54. The molecular weight excluding hydrogens is 272 g/mol. The monoisotopic (exact) mass is 274 g/mol. The molecule has 0 bridgehead atoms. The van der Waals surface area contributed by atoms with Gasteiger partial charge in [-0.1, -0.05) is 0 Å². The Kier molecular flexibility index (Phi) is 3.03. The van der Waals surface area contributed by atoms with Crippen LogP contribution in [0.1, 0.15) is 5.69 Å². The molecule has 0 N–H and O–H groups in total. The predicted octanol–water partition coefficient (Wildman–Crippen LogP) is 2.67. The first-order valence-electron chi connectivity index (χ1n) is 2.92. The maximum Gasteiger partial charge on any atom is 0.120 e. The zero-order chi connectivity index (χ0) is 8.27. The van der Waals surface area contributed by atoms with Crippen molar-refractivity contribution in [1.82, 2.24) is 4.98 Å². The molecule has 11 heavy (non-hydrogen) atoms. The lowest BCUT2D eigenvalue weighted by atomic mass is 10.3. The van der Waals surface area contributed by atoms with Crippen LogP contribution < -0.4 is 0 Å². The lowest BCUT2D eigenvalue weighted by Crippen LogP contribution is -1.87. The average molecular weight is 276 g/mol. The summed E-state index contributed by atoms with van der Waals surface area (Å²) in [6, 6.07) is 5.71. The van der Waals surface area contributed by atoms with E-state index in [1.54, 1.807) is 0 Å². The highest BCUT2D eigenvalue weighted by atomic mass is 79.9. The summed E-state index contributed by atoms with van der Waals surface area (Å²) in [7, 11) is 0.